The summed E-state index contributed by atoms with van der Waals surface area (Å²) in [4.78, 5) is 25.3. The van der Waals surface area contributed by atoms with Gasteiger partial charge in [0.2, 0.25) is 0 Å². The maximum Gasteiger partial charge on any atom is 0.282 e. The van der Waals surface area contributed by atoms with E-state index < -0.39 is 0 Å². The van der Waals surface area contributed by atoms with E-state index in [0.29, 0.717) is 11.3 Å². The standard InChI is InChI=1S/C23H24N2O2S/c1-15-6-8-19(9-7-15)22(21-5-4-14-28-21)24-16(2)23(27)25-20-12-10-18(11-13-20)17(3)26/h4-14,16,22,24H,1-3H3,(H,25,27)/p+1/t16-,22+/m1/s1. The average Bonchev–Trinajstić information content (AvgIpc) is 3.21. The number of carbonyl (C=O) groups excluding carboxylic acids is 2. The molecule has 0 aliphatic rings. The molecule has 4 nitrogen and oxygen atoms in total. The Morgan fingerprint density at radius 2 is 1.68 bits per heavy atom. The molecule has 0 bridgehead atoms. The molecule has 0 spiro atoms. The van der Waals surface area contributed by atoms with E-state index in [2.05, 4.69) is 53.3 Å². The van der Waals surface area contributed by atoms with E-state index >= 15 is 0 Å². The van der Waals surface area contributed by atoms with E-state index in [1.165, 1.54) is 22.9 Å². The van der Waals surface area contributed by atoms with Crippen LogP contribution in [0.5, 0.6) is 0 Å². The molecule has 0 saturated heterocycles. The Hall–Kier alpha value is -2.76. The Kier molecular flexibility index (Phi) is 6.39. The van der Waals surface area contributed by atoms with E-state index in [1.54, 1.807) is 35.6 Å². The number of nitrogens with one attached hydrogen (secondary N) is 1. The highest BCUT2D eigenvalue weighted by Crippen LogP contribution is 2.23. The molecular weight excluding hydrogens is 368 g/mol. The predicted molar refractivity (Wildman–Crippen MR) is 114 cm³/mol. The first-order valence-corrected chi connectivity index (χ1v) is 10.2. The molecule has 0 radical (unpaired) electrons. The maximum atomic E-state index is 12.7. The molecule has 5 heteroatoms. The minimum absolute atomic E-state index is 0.0106. The van der Waals surface area contributed by atoms with Crippen molar-refractivity contribution < 1.29 is 14.9 Å². The van der Waals surface area contributed by atoms with Crippen molar-refractivity contribution >= 4 is 28.7 Å². The van der Waals surface area contributed by atoms with Gasteiger partial charge in [-0.05, 0) is 56.5 Å². The third-order valence-corrected chi connectivity index (χ3v) is 5.70. The van der Waals surface area contributed by atoms with E-state index in [1.807, 2.05) is 13.0 Å². The van der Waals surface area contributed by atoms with Gasteiger partial charge in [0.25, 0.3) is 5.91 Å². The van der Waals surface area contributed by atoms with Crippen molar-refractivity contribution in [3.63, 3.8) is 0 Å². The molecule has 0 fully saturated rings. The Labute approximate surface area is 169 Å². The van der Waals surface area contributed by atoms with E-state index in [4.69, 9.17) is 0 Å². The number of anilines is 1. The Morgan fingerprint density at radius 1 is 1.00 bits per heavy atom. The van der Waals surface area contributed by atoms with Crippen LogP contribution in [0.3, 0.4) is 0 Å². The smallest absolute Gasteiger partial charge is 0.282 e. The number of hydrogen-bond acceptors (Lipinski definition) is 3. The average molecular weight is 394 g/mol. The molecule has 0 saturated carbocycles. The molecule has 3 N–H and O–H groups in total. The molecule has 1 heterocycles. The van der Waals surface area contributed by atoms with Gasteiger partial charge in [0.1, 0.15) is 6.04 Å². The van der Waals surface area contributed by atoms with Crippen LogP contribution in [-0.4, -0.2) is 17.7 Å². The van der Waals surface area contributed by atoms with Crippen molar-refractivity contribution in [2.24, 2.45) is 0 Å². The van der Waals surface area contributed by atoms with E-state index in [0.717, 1.165) is 0 Å². The van der Waals surface area contributed by atoms with Gasteiger partial charge in [0, 0.05) is 16.8 Å². The summed E-state index contributed by atoms with van der Waals surface area (Å²) >= 11 is 1.70. The van der Waals surface area contributed by atoms with Gasteiger partial charge < -0.3 is 10.6 Å². The zero-order valence-corrected chi connectivity index (χ0v) is 17.1. The van der Waals surface area contributed by atoms with Crippen LogP contribution in [0.1, 0.15) is 46.3 Å². The number of aryl methyl sites for hydroxylation is 1. The SMILES string of the molecule is CC(=O)c1ccc(NC(=O)[C@@H](C)[NH2+][C@@H](c2ccc(C)cc2)c2cccs2)cc1. The maximum absolute atomic E-state index is 12.7. The Morgan fingerprint density at radius 3 is 2.25 bits per heavy atom. The van der Waals surface area contributed by atoms with Gasteiger partial charge in [-0.1, -0.05) is 35.9 Å². The minimum Gasteiger partial charge on any atom is -0.326 e. The molecule has 0 aliphatic heterocycles. The fourth-order valence-corrected chi connectivity index (χ4v) is 3.87. The summed E-state index contributed by atoms with van der Waals surface area (Å²) in [5.74, 6) is -0.0549. The lowest BCUT2D eigenvalue weighted by Gasteiger charge is -2.19. The quantitative estimate of drug-likeness (QED) is 0.597. The van der Waals surface area contributed by atoms with Gasteiger partial charge in [-0.15, -0.1) is 11.3 Å². The van der Waals surface area contributed by atoms with Crippen LogP contribution in [0, 0.1) is 6.92 Å². The van der Waals surface area contributed by atoms with Crippen molar-refractivity contribution in [1.82, 2.24) is 0 Å². The summed E-state index contributed by atoms with van der Waals surface area (Å²) in [5, 5.41) is 7.10. The Bertz CT molecular complexity index is 932. The second-order valence-electron chi connectivity index (χ2n) is 7.01. The summed E-state index contributed by atoms with van der Waals surface area (Å²) in [6.07, 6.45) is 0. The highest BCUT2D eigenvalue weighted by Gasteiger charge is 2.25. The number of quaternary nitrogens is 1. The van der Waals surface area contributed by atoms with Crippen molar-refractivity contribution in [1.29, 1.82) is 0 Å². The second kappa shape index (κ2) is 8.95. The van der Waals surface area contributed by atoms with Gasteiger partial charge >= 0.3 is 0 Å². The molecule has 1 aromatic heterocycles. The van der Waals surface area contributed by atoms with Gasteiger partial charge in [-0.25, -0.2) is 0 Å². The fraction of sp³-hybridized carbons (Fsp3) is 0.217. The zero-order chi connectivity index (χ0) is 20.1. The molecule has 1 amide bonds. The molecule has 0 aliphatic carbocycles. The predicted octanol–water partition coefficient (Wildman–Crippen LogP) is 3.94. The van der Waals surface area contributed by atoms with Crippen LogP contribution in [0.4, 0.5) is 5.69 Å². The van der Waals surface area contributed by atoms with Gasteiger partial charge in [-0.2, -0.15) is 0 Å². The van der Waals surface area contributed by atoms with Gasteiger partial charge in [0.05, 0.1) is 4.88 Å². The number of ketones is 1. The molecule has 0 unspecified atom stereocenters. The normalized spacial score (nSPS) is 13.0. The number of thiophene rings is 1. The number of rotatable bonds is 7. The largest absolute Gasteiger partial charge is 0.326 e. The lowest BCUT2D eigenvalue weighted by molar-refractivity contribution is -0.703. The van der Waals surface area contributed by atoms with E-state index in [-0.39, 0.29) is 23.8 Å². The minimum atomic E-state index is -0.277. The monoisotopic (exact) mass is 393 g/mol. The third-order valence-electron chi connectivity index (χ3n) is 4.74. The zero-order valence-electron chi connectivity index (χ0n) is 16.3. The van der Waals surface area contributed by atoms with Crippen molar-refractivity contribution in [3.05, 3.63) is 87.6 Å². The number of hydrogen-bond donors (Lipinski definition) is 2. The molecule has 2 atom stereocenters. The number of Topliss-reactive ketones (excluding diaryl/α,β-unsaturated/α-hetero) is 1. The summed E-state index contributed by atoms with van der Waals surface area (Å²) in [7, 11) is 0. The summed E-state index contributed by atoms with van der Waals surface area (Å²) < 4.78 is 0. The first-order chi connectivity index (χ1) is 13.4. The molecule has 2 aromatic carbocycles. The molecule has 28 heavy (non-hydrogen) atoms. The molecule has 3 aromatic rings. The van der Waals surface area contributed by atoms with Gasteiger partial charge in [0.15, 0.2) is 11.8 Å². The van der Waals surface area contributed by atoms with Crippen LogP contribution in [0.25, 0.3) is 0 Å². The number of nitrogens with two attached hydrogens (primary N) is 1. The van der Waals surface area contributed by atoms with Crippen molar-refractivity contribution in [2.45, 2.75) is 32.9 Å². The molecule has 3 rings (SSSR count). The summed E-state index contributed by atoms with van der Waals surface area (Å²) in [6.45, 7) is 5.51. The molecular formula is C23H25N2O2S+. The summed E-state index contributed by atoms with van der Waals surface area (Å²) in [5.41, 5.74) is 3.72. The highest BCUT2D eigenvalue weighted by atomic mass is 32.1. The van der Waals surface area contributed by atoms with Gasteiger partial charge in [-0.3, -0.25) is 9.59 Å². The third kappa shape index (κ3) is 4.94. The number of benzene rings is 2. The van der Waals surface area contributed by atoms with Crippen LogP contribution in [0.15, 0.2) is 66.0 Å². The first-order valence-electron chi connectivity index (χ1n) is 9.31. The fourth-order valence-electron chi connectivity index (χ4n) is 3.03. The van der Waals surface area contributed by atoms with Crippen LogP contribution >= 0.6 is 11.3 Å². The lowest BCUT2D eigenvalue weighted by atomic mass is 10.0. The number of amides is 1. The number of carbonyl (C=O) groups is 2. The topological polar surface area (TPSA) is 62.8 Å². The van der Waals surface area contributed by atoms with Crippen LogP contribution in [-0.2, 0) is 4.79 Å². The van der Waals surface area contributed by atoms with Crippen LogP contribution in [0.2, 0.25) is 0 Å². The highest BCUT2D eigenvalue weighted by molar-refractivity contribution is 7.10. The Balaban J connectivity index is 1.72. The van der Waals surface area contributed by atoms with Crippen molar-refractivity contribution in [3.8, 4) is 0 Å². The first kappa shape index (κ1) is 20.0. The second-order valence-corrected chi connectivity index (χ2v) is 7.99. The lowest BCUT2D eigenvalue weighted by Crippen LogP contribution is -2.92. The van der Waals surface area contributed by atoms with Crippen LogP contribution < -0.4 is 10.6 Å². The van der Waals surface area contributed by atoms with E-state index in [9.17, 15) is 9.59 Å². The summed E-state index contributed by atoms with van der Waals surface area (Å²) in [6, 6.07) is 19.4. The molecule has 144 valence electrons. The van der Waals surface area contributed by atoms with Crippen molar-refractivity contribution in [2.75, 3.05) is 5.32 Å².